The van der Waals surface area contributed by atoms with Crippen LogP contribution in [-0.4, -0.2) is 0 Å². The summed E-state index contributed by atoms with van der Waals surface area (Å²) in [6.45, 7) is 4.90. The molecule has 12 rings (SSSR count). The summed E-state index contributed by atoms with van der Waals surface area (Å²) in [5.41, 5.74) is 20.2. The summed E-state index contributed by atoms with van der Waals surface area (Å²) in [7, 11) is 0. The van der Waals surface area contributed by atoms with Crippen molar-refractivity contribution < 1.29 is 0 Å². The van der Waals surface area contributed by atoms with Crippen LogP contribution in [0.4, 0.5) is 5.69 Å². The Morgan fingerprint density at radius 2 is 1.23 bits per heavy atom. The lowest BCUT2D eigenvalue weighted by molar-refractivity contribution is 0.353. The summed E-state index contributed by atoms with van der Waals surface area (Å²) >= 11 is 0. The maximum Gasteiger partial charge on any atom is 0.0647 e. The predicted molar refractivity (Wildman–Crippen MR) is 268 cm³/mol. The van der Waals surface area contributed by atoms with E-state index in [4.69, 9.17) is 6.58 Å². The molecule has 0 aromatic heterocycles. The molecule has 0 amide bonds. The van der Waals surface area contributed by atoms with Gasteiger partial charge in [-0.15, -0.1) is 0 Å². The summed E-state index contributed by atoms with van der Waals surface area (Å²) in [5.74, 6) is 0.527. The molecule has 308 valence electrons. The second-order valence-corrected chi connectivity index (χ2v) is 18.4. The Morgan fingerprint density at radius 3 is 2.02 bits per heavy atom. The maximum atomic E-state index is 4.90. The smallest absolute Gasteiger partial charge is 0.0647 e. The molecule has 64 heavy (non-hydrogen) atoms. The van der Waals surface area contributed by atoms with Crippen LogP contribution in [0.2, 0.25) is 0 Å². The van der Waals surface area contributed by atoms with Crippen LogP contribution in [0, 0.1) is 11.8 Å². The van der Waals surface area contributed by atoms with E-state index in [0.717, 1.165) is 17.1 Å². The third-order valence-electron chi connectivity index (χ3n) is 15.0. The Hall–Kier alpha value is -7.22. The molecule has 1 nitrogen and oxygen atoms in total. The zero-order chi connectivity index (χ0) is 42.7. The molecule has 0 heterocycles. The van der Waals surface area contributed by atoms with Gasteiger partial charge >= 0.3 is 0 Å². The van der Waals surface area contributed by atoms with Crippen LogP contribution in [0.1, 0.15) is 65.5 Å². The number of benzene rings is 6. The SMILES string of the molecule is C=C(/C=C\C1=CC(c2ccccc2)(c2ccccc2)c2ccccc21)N(C1=CC2C(=CC=C3C=CC=CC32)C=C1)c1cccc(-c2cccc3c2C2(CCCCC2)c2ccccc2-3)c1. The number of anilines is 1. The standard InChI is InChI=1S/C63H51N/c1-44(33-34-48-43-63(49-21-5-2-6-22-49,50-23-7-3-8-24-50)60-32-14-11-27-54(48)60)64(52-38-37-46-36-35-45-19-9-10-26-53(45)58(46)42-52)51-25-17-20-47(41-51)55-29-18-30-57-56-28-12-13-31-59(56)62(61(55)57)39-15-4-16-40-62/h2-3,5-14,17-38,41-43,53,58H,1,4,15-16,39-40H2/b34-33-. The van der Waals surface area contributed by atoms with Gasteiger partial charge in [-0.05, 0) is 109 Å². The van der Waals surface area contributed by atoms with Crippen LogP contribution in [0.15, 0.2) is 254 Å². The van der Waals surface area contributed by atoms with E-state index in [1.54, 1.807) is 0 Å². The van der Waals surface area contributed by atoms with Crippen molar-refractivity contribution in [2.24, 2.45) is 11.8 Å². The maximum absolute atomic E-state index is 4.90. The molecular weight excluding hydrogens is 771 g/mol. The zero-order valence-electron chi connectivity index (χ0n) is 36.2. The number of hydrogen-bond acceptors (Lipinski definition) is 1. The molecule has 0 aliphatic heterocycles. The number of fused-ring (bicyclic) bond motifs is 9. The Balaban J connectivity index is 0.987. The van der Waals surface area contributed by atoms with Gasteiger partial charge in [-0.1, -0.05) is 226 Å². The van der Waals surface area contributed by atoms with E-state index in [1.807, 2.05) is 0 Å². The van der Waals surface area contributed by atoms with E-state index in [1.165, 1.54) is 104 Å². The van der Waals surface area contributed by atoms with Gasteiger partial charge in [0, 0.05) is 34.3 Å². The number of nitrogens with zero attached hydrogens (tertiary/aromatic N) is 1. The van der Waals surface area contributed by atoms with Crippen molar-refractivity contribution in [3.8, 4) is 22.3 Å². The normalized spacial score (nSPS) is 20.3. The fraction of sp³-hybridized carbons (Fsp3) is 0.143. The molecule has 6 aromatic rings. The first-order valence-corrected chi connectivity index (χ1v) is 23.2. The molecule has 0 bridgehead atoms. The van der Waals surface area contributed by atoms with Crippen LogP contribution in [0.25, 0.3) is 27.8 Å². The third kappa shape index (κ3) is 6.05. The second kappa shape index (κ2) is 15.5. The van der Waals surface area contributed by atoms with Gasteiger partial charge < -0.3 is 4.90 Å². The number of allylic oxidation sites excluding steroid dienone is 15. The van der Waals surface area contributed by atoms with Crippen LogP contribution in [0.5, 0.6) is 0 Å². The van der Waals surface area contributed by atoms with E-state index in [2.05, 4.69) is 229 Å². The Bertz CT molecular complexity index is 3060. The van der Waals surface area contributed by atoms with Crippen LogP contribution < -0.4 is 4.90 Å². The molecule has 1 heteroatoms. The summed E-state index contributed by atoms with van der Waals surface area (Å²) in [4.78, 5) is 2.39. The minimum absolute atomic E-state index is 0.0500. The molecule has 2 unspecified atom stereocenters. The fourth-order valence-electron chi connectivity index (χ4n) is 12.2. The Morgan fingerprint density at radius 1 is 0.578 bits per heavy atom. The van der Waals surface area contributed by atoms with Crippen molar-refractivity contribution in [1.82, 2.24) is 0 Å². The van der Waals surface area contributed by atoms with Crippen molar-refractivity contribution in [2.45, 2.75) is 42.9 Å². The quantitative estimate of drug-likeness (QED) is 0.138. The highest BCUT2D eigenvalue weighted by Crippen LogP contribution is 2.58. The highest BCUT2D eigenvalue weighted by Gasteiger charge is 2.45. The summed E-state index contributed by atoms with van der Waals surface area (Å²) in [6, 6.07) is 56.4. The molecule has 0 radical (unpaired) electrons. The molecule has 1 spiro atoms. The Kier molecular flexibility index (Phi) is 9.34. The predicted octanol–water partition coefficient (Wildman–Crippen LogP) is 15.6. The highest BCUT2D eigenvalue weighted by molar-refractivity contribution is 5.90. The van der Waals surface area contributed by atoms with Gasteiger partial charge in [0.1, 0.15) is 0 Å². The number of rotatable bonds is 8. The minimum Gasteiger partial charge on any atom is -0.311 e. The first-order chi connectivity index (χ1) is 31.6. The van der Waals surface area contributed by atoms with Crippen molar-refractivity contribution in [2.75, 3.05) is 4.90 Å². The van der Waals surface area contributed by atoms with Gasteiger partial charge in [-0.3, -0.25) is 0 Å². The van der Waals surface area contributed by atoms with Gasteiger partial charge in [-0.25, -0.2) is 0 Å². The lowest BCUT2D eigenvalue weighted by atomic mass is 9.66. The van der Waals surface area contributed by atoms with E-state index in [9.17, 15) is 0 Å². The largest absolute Gasteiger partial charge is 0.311 e. The van der Waals surface area contributed by atoms with Crippen LogP contribution in [0.3, 0.4) is 0 Å². The molecule has 1 fully saturated rings. The third-order valence-corrected chi connectivity index (χ3v) is 15.0. The first-order valence-electron chi connectivity index (χ1n) is 23.2. The summed E-state index contributed by atoms with van der Waals surface area (Å²) < 4.78 is 0. The average Bonchev–Trinajstić information content (AvgIpc) is 3.85. The van der Waals surface area contributed by atoms with Crippen molar-refractivity contribution in [3.05, 3.63) is 287 Å². The van der Waals surface area contributed by atoms with Crippen molar-refractivity contribution >= 4 is 11.3 Å². The van der Waals surface area contributed by atoms with E-state index >= 15 is 0 Å². The zero-order valence-corrected chi connectivity index (χ0v) is 36.2. The first kappa shape index (κ1) is 38.5. The van der Waals surface area contributed by atoms with Gasteiger partial charge in [-0.2, -0.15) is 0 Å². The van der Waals surface area contributed by atoms with Crippen molar-refractivity contribution in [3.63, 3.8) is 0 Å². The van der Waals surface area contributed by atoms with Gasteiger partial charge in [0.15, 0.2) is 0 Å². The molecular formula is C63H51N. The molecule has 1 saturated carbocycles. The Labute approximate surface area is 378 Å². The summed E-state index contributed by atoms with van der Waals surface area (Å²) in [5, 5.41) is 0. The highest BCUT2D eigenvalue weighted by atomic mass is 15.1. The van der Waals surface area contributed by atoms with E-state index in [-0.39, 0.29) is 11.3 Å². The van der Waals surface area contributed by atoms with E-state index < -0.39 is 5.41 Å². The van der Waals surface area contributed by atoms with Crippen LogP contribution >= 0.6 is 0 Å². The van der Waals surface area contributed by atoms with Crippen LogP contribution in [-0.2, 0) is 10.8 Å². The van der Waals surface area contributed by atoms with Crippen molar-refractivity contribution in [1.29, 1.82) is 0 Å². The lowest BCUT2D eigenvalue weighted by Crippen LogP contribution is -2.28. The van der Waals surface area contributed by atoms with Gasteiger partial charge in [0.05, 0.1) is 5.41 Å². The number of hydrogen-bond donors (Lipinski definition) is 0. The van der Waals surface area contributed by atoms with Gasteiger partial charge in [0.25, 0.3) is 0 Å². The van der Waals surface area contributed by atoms with Gasteiger partial charge in [0.2, 0.25) is 0 Å². The minimum atomic E-state index is -0.426. The van der Waals surface area contributed by atoms with E-state index in [0.29, 0.717) is 5.92 Å². The average molecular weight is 822 g/mol. The second-order valence-electron chi connectivity index (χ2n) is 18.4. The molecule has 2 atom stereocenters. The topological polar surface area (TPSA) is 3.24 Å². The summed E-state index contributed by atoms with van der Waals surface area (Å²) in [6.07, 6.45) is 33.9. The molecule has 0 saturated heterocycles. The molecule has 6 aliphatic rings. The molecule has 6 aromatic carbocycles. The molecule has 6 aliphatic carbocycles. The molecule has 0 N–H and O–H groups in total. The lowest BCUT2D eigenvalue weighted by Gasteiger charge is -2.37. The fourth-order valence-corrected chi connectivity index (χ4v) is 12.2. The monoisotopic (exact) mass is 821 g/mol.